The van der Waals surface area contributed by atoms with Gasteiger partial charge in [0.1, 0.15) is 0 Å². The van der Waals surface area contributed by atoms with Gasteiger partial charge in [-0.15, -0.1) is 0 Å². The van der Waals surface area contributed by atoms with Crippen molar-refractivity contribution in [2.45, 2.75) is 13.8 Å². The highest BCUT2D eigenvalue weighted by Crippen LogP contribution is 2.08. The maximum atomic E-state index is 10.1. The summed E-state index contributed by atoms with van der Waals surface area (Å²) in [6.45, 7) is 3.12. The summed E-state index contributed by atoms with van der Waals surface area (Å²) in [5.74, 6) is -1.87. The Morgan fingerprint density at radius 1 is 1.67 bits per heavy atom. The summed E-state index contributed by atoms with van der Waals surface area (Å²) in [6, 6.07) is 1.87. The number of carboxylic acid groups (broad SMARTS) is 1. The van der Waals surface area contributed by atoms with Gasteiger partial charge in [-0.2, -0.15) is 5.26 Å². The topological polar surface area (TPSA) is 61.1 Å². The molecule has 0 amide bonds. The summed E-state index contributed by atoms with van der Waals surface area (Å²) in [6.07, 6.45) is 0. The molecule has 0 bridgehead atoms. The Bertz CT molecular complexity index is 148. The molecule has 0 aromatic heterocycles. The third kappa shape index (κ3) is 2.13. The Hall–Kier alpha value is -1.04. The molecule has 2 unspecified atom stereocenters. The van der Waals surface area contributed by atoms with E-state index in [-0.39, 0.29) is 0 Å². The van der Waals surface area contributed by atoms with Crippen LogP contribution in [0.4, 0.5) is 0 Å². The van der Waals surface area contributed by atoms with Crippen LogP contribution in [0, 0.1) is 23.2 Å². The van der Waals surface area contributed by atoms with Gasteiger partial charge in [0.15, 0.2) is 0 Å². The molecule has 9 heavy (non-hydrogen) atoms. The second-order valence-corrected chi connectivity index (χ2v) is 2.04. The van der Waals surface area contributed by atoms with Crippen LogP contribution >= 0.6 is 0 Å². The van der Waals surface area contributed by atoms with Gasteiger partial charge in [-0.05, 0) is 6.92 Å². The van der Waals surface area contributed by atoms with Crippen molar-refractivity contribution in [1.29, 1.82) is 5.26 Å². The summed E-state index contributed by atoms with van der Waals surface area (Å²) in [5, 5.41) is 16.6. The van der Waals surface area contributed by atoms with Crippen molar-refractivity contribution in [3.05, 3.63) is 0 Å². The van der Waals surface area contributed by atoms with Crippen LogP contribution < -0.4 is 0 Å². The number of aliphatic carboxylic acids is 1. The Morgan fingerprint density at radius 3 is 2.22 bits per heavy atom. The summed E-state index contributed by atoms with van der Waals surface area (Å²) in [4.78, 5) is 10.1. The molecule has 0 rings (SSSR count). The number of rotatable bonds is 2. The summed E-state index contributed by atoms with van der Waals surface area (Å²) in [7, 11) is 0. The molecule has 0 saturated heterocycles. The molecular formula is C6H9NO2. The fourth-order valence-corrected chi connectivity index (χ4v) is 0.326. The quantitative estimate of drug-likeness (QED) is 0.598. The van der Waals surface area contributed by atoms with E-state index >= 15 is 0 Å². The molecule has 0 saturated carbocycles. The van der Waals surface area contributed by atoms with Gasteiger partial charge in [0.25, 0.3) is 0 Å². The molecule has 3 heteroatoms. The number of hydrogen-bond donors (Lipinski definition) is 1. The van der Waals surface area contributed by atoms with Crippen LogP contribution in [-0.4, -0.2) is 11.1 Å². The first-order chi connectivity index (χ1) is 4.09. The van der Waals surface area contributed by atoms with E-state index in [1.54, 1.807) is 6.92 Å². The minimum absolute atomic E-state index is 0.400. The van der Waals surface area contributed by atoms with E-state index in [4.69, 9.17) is 10.4 Å². The van der Waals surface area contributed by atoms with E-state index < -0.39 is 17.8 Å². The predicted octanol–water partition coefficient (Wildman–Crippen LogP) is 0.867. The third-order valence-corrected chi connectivity index (χ3v) is 1.34. The van der Waals surface area contributed by atoms with Crippen LogP contribution in [0.1, 0.15) is 13.8 Å². The molecule has 2 atom stereocenters. The SMILES string of the molecule is CC(C#N)C(C)C(=O)O. The molecule has 0 fully saturated rings. The van der Waals surface area contributed by atoms with Crippen LogP contribution in [0.25, 0.3) is 0 Å². The number of hydrogen-bond acceptors (Lipinski definition) is 2. The minimum atomic E-state index is -0.913. The standard InChI is InChI=1S/C6H9NO2/c1-4(3-7)5(2)6(8)9/h4-5H,1-2H3,(H,8,9). The first-order valence-electron chi connectivity index (χ1n) is 2.72. The van der Waals surface area contributed by atoms with Gasteiger partial charge in [-0.3, -0.25) is 4.79 Å². The average Bonchev–Trinajstić information content (AvgIpc) is 1.84. The van der Waals surface area contributed by atoms with Gasteiger partial charge >= 0.3 is 5.97 Å². The Balaban J connectivity index is 3.91. The molecule has 0 aliphatic rings. The van der Waals surface area contributed by atoms with Gasteiger partial charge in [0.2, 0.25) is 0 Å². The first kappa shape index (κ1) is 7.96. The molecule has 0 heterocycles. The fourth-order valence-electron chi connectivity index (χ4n) is 0.326. The van der Waals surface area contributed by atoms with Crippen molar-refractivity contribution in [2.24, 2.45) is 11.8 Å². The molecular weight excluding hydrogens is 118 g/mol. The lowest BCUT2D eigenvalue weighted by atomic mass is 9.98. The number of nitriles is 1. The Kier molecular flexibility index (Phi) is 2.72. The van der Waals surface area contributed by atoms with E-state index in [0.29, 0.717) is 0 Å². The van der Waals surface area contributed by atoms with Crippen LogP contribution in [0.15, 0.2) is 0 Å². The lowest BCUT2D eigenvalue weighted by Gasteiger charge is -2.05. The zero-order chi connectivity index (χ0) is 7.44. The zero-order valence-corrected chi connectivity index (χ0v) is 5.46. The monoisotopic (exact) mass is 127 g/mol. The van der Waals surface area contributed by atoms with Crippen LogP contribution in [-0.2, 0) is 4.79 Å². The number of carboxylic acids is 1. The molecule has 0 radical (unpaired) electrons. The van der Waals surface area contributed by atoms with Crippen LogP contribution in [0.3, 0.4) is 0 Å². The lowest BCUT2D eigenvalue weighted by molar-refractivity contribution is -0.142. The molecule has 0 aromatic rings. The second-order valence-electron chi connectivity index (χ2n) is 2.04. The molecule has 0 aromatic carbocycles. The molecule has 3 nitrogen and oxygen atoms in total. The van der Waals surface area contributed by atoms with E-state index in [9.17, 15) is 4.79 Å². The van der Waals surface area contributed by atoms with Crippen molar-refractivity contribution in [3.63, 3.8) is 0 Å². The molecule has 50 valence electrons. The van der Waals surface area contributed by atoms with E-state index in [1.165, 1.54) is 6.92 Å². The summed E-state index contributed by atoms with van der Waals surface area (Å²) in [5.41, 5.74) is 0. The van der Waals surface area contributed by atoms with Gasteiger partial charge in [0, 0.05) is 0 Å². The minimum Gasteiger partial charge on any atom is -0.481 e. The third-order valence-electron chi connectivity index (χ3n) is 1.34. The fraction of sp³-hybridized carbons (Fsp3) is 0.667. The van der Waals surface area contributed by atoms with Crippen molar-refractivity contribution in [3.8, 4) is 6.07 Å². The second kappa shape index (κ2) is 3.08. The zero-order valence-electron chi connectivity index (χ0n) is 5.46. The first-order valence-corrected chi connectivity index (χ1v) is 2.72. The molecule has 0 aliphatic carbocycles. The van der Waals surface area contributed by atoms with E-state index in [2.05, 4.69) is 0 Å². The van der Waals surface area contributed by atoms with Gasteiger partial charge < -0.3 is 5.11 Å². The number of nitrogens with zero attached hydrogens (tertiary/aromatic N) is 1. The highest BCUT2D eigenvalue weighted by Gasteiger charge is 2.17. The van der Waals surface area contributed by atoms with Crippen molar-refractivity contribution in [1.82, 2.24) is 0 Å². The molecule has 0 spiro atoms. The van der Waals surface area contributed by atoms with Crippen molar-refractivity contribution >= 4 is 5.97 Å². The van der Waals surface area contributed by atoms with E-state index in [0.717, 1.165) is 0 Å². The normalized spacial score (nSPS) is 15.7. The van der Waals surface area contributed by atoms with Gasteiger partial charge in [-0.25, -0.2) is 0 Å². The smallest absolute Gasteiger partial charge is 0.307 e. The highest BCUT2D eigenvalue weighted by molar-refractivity contribution is 5.70. The van der Waals surface area contributed by atoms with E-state index in [1.807, 2.05) is 6.07 Å². The largest absolute Gasteiger partial charge is 0.481 e. The van der Waals surface area contributed by atoms with Crippen LogP contribution in [0.2, 0.25) is 0 Å². The Labute approximate surface area is 53.9 Å². The Morgan fingerprint density at radius 2 is 2.11 bits per heavy atom. The van der Waals surface area contributed by atoms with Crippen molar-refractivity contribution in [2.75, 3.05) is 0 Å². The molecule has 1 N–H and O–H groups in total. The maximum absolute atomic E-state index is 10.1. The van der Waals surface area contributed by atoms with Gasteiger partial charge in [-0.1, -0.05) is 6.92 Å². The van der Waals surface area contributed by atoms with Gasteiger partial charge in [0.05, 0.1) is 17.9 Å². The predicted molar refractivity (Wildman–Crippen MR) is 31.6 cm³/mol. The summed E-state index contributed by atoms with van der Waals surface area (Å²) < 4.78 is 0. The maximum Gasteiger partial charge on any atom is 0.307 e. The average molecular weight is 127 g/mol. The van der Waals surface area contributed by atoms with Crippen molar-refractivity contribution < 1.29 is 9.90 Å². The van der Waals surface area contributed by atoms with Crippen LogP contribution in [0.5, 0.6) is 0 Å². The highest BCUT2D eigenvalue weighted by atomic mass is 16.4. The molecule has 0 aliphatic heterocycles. The summed E-state index contributed by atoms with van der Waals surface area (Å²) >= 11 is 0. The lowest BCUT2D eigenvalue weighted by Crippen LogP contribution is -2.16. The number of carbonyl (C=O) groups is 1.